The zero-order chi connectivity index (χ0) is 11.6. The highest BCUT2D eigenvalue weighted by atomic mass is 16.5. The topological polar surface area (TPSA) is 43.4 Å². The van der Waals surface area contributed by atoms with Gasteiger partial charge in [-0.15, -0.1) is 0 Å². The lowest BCUT2D eigenvalue weighted by molar-refractivity contribution is -0.138. The van der Waals surface area contributed by atoms with Gasteiger partial charge in [0, 0.05) is 12.3 Å². The maximum Gasteiger partial charge on any atom is 0.293 e. The second-order valence-electron chi connectivity index (χ2n) is 5.38. The summed E-state index contributed by atoms with van der Waals surface area (Å²) in [6.07, 6.45) is 2.06. The second-order valence-corrected chi connectivity index (χ2v) is 5.38. The van der Waals surface area contributed by atoms with E-state index in [1.165, 1.54) is 6.42 Å². The van der Waals surface area contributed by atoms with Crippen molar-refractivity contribution in [3.05, 3.63) is 0 Å². The number of carbonyl (C=O) groups is 2. The fourth-order valence-corrected chi connectivity index (χ4v) is 2.14. The van der Waals surface area contributed by atoms with Gasteiger partial charge in [0.1, 0.15) is 11.4 Å². The van der Waals surface area contributed by atoms with Crippen molar-refractivity contribution in [3.8, 4) is 0 Å². The Morgan fingerprint density at radius 3 is 2.13 bits per heavy atom. The lowest BCUT2D eigenvalue weighted by Crippen LogP contribution is -2.17. The molecular weight excluding hydrogens is 192 g/mol. The van der Waals surface area contributed by atoms with E-state index >= 15 is 0 Å². The van der Waals surface area contributed by atoms with Gasteiger partial charge in [0.15, 0.2) is 0 Å². The van der Waals surface area contributed by atoms with Gasteiger partial charge in [0.05, 0.1) is 0 Å². The highest BCUT2D eigenvalue weighted by Crippen LogP contribution is 2.54. The first-order valence-corrected chi connectivity index (χ1v) is 5.51. The SMILES string of the molecule is CC(C)(C)OC=O.CC1C2CCC(=O)C12. The summed E-state index contributed by atoms with van der Waals surface area (Å²) in [6, 6.07) is 0. The van der Waals surface area contributed by atoms with Crippen molar-refractivity contribution in [1.82, 2.24) is 0 Å². The number of rotatable bonds is 1. The molecule has 0 aromatic carbocycles. The number of hydrogen-bond donors (Lipinski definition) is 0. The lowest BCUT2D eigenvalue weighted by Gasteiger charge is -2.14. The van der Waals surface area contributed by atoms with E-state index in [0.29, 0.717) is 18.2 Å². The zero-order valence-corrected chi connectivity index (χ0v) is 9.95. The number of ketones is 1. The average molecular weight is 212 g/mol. The Morgan fingerprint density at radius 1 is 1.40 bits per heavy atom. The van der Waals surface area contributed by atoms with Crippen molar-refractivity contribution >= 4 is 12.3 Å². The summed E-state index contributed by atoms with van der Waals surface area (Å²) in [6.45, 7) is 8.11. The summed E-state index contributed by atoms with van der Waals surface area (Å²) < 4.78 is 4.55. The van der Waals surface area contributed by atoms with Gasteiger partial charge in [-0.05, 0) is 39.0 Å². The quantitative estimate of drug-likeness (QED) is 0.626. The molecule has 0 amide bonds. The van der Waals surface area contributed by atoms with Gasteiger partial charge >= 0.3 is 0 Å². The van der Waals surface area contributed by atoms with Gasteiger partial charge in [-0.3, -0.25) is 9.59 Å². The van der Waals surface area contributed by atoms with Crippen LogP contribution in [-0.4, -0.2) is 17.9 Å². The van der Waals surface area contributed by atoms with E-state index in [9.17, 15) is 9.59 Å². The summed E-state index contributed by atoms with van der Waals surface area (Å²) in [7, 11) is 0. The van der Waals surface area contributed by atoms with Gasteiger partial charge in [-0.2, -0.15) is 0 Å². The third-order valence-electron chi connectivity index (χ3n) is 3.06. The van der Waals surface area contributed by atoms with Crippen molar-refractivity contribution < 1.29 is 14.3 Å². The minimum atomic E-state index is -0.318. The molecular formula is C12H20O3. The molecule has 3 nitrogen and oxygen atoms in total. The Hall–Kier alpha value is -0.860. The number of ether oxygens (including phenoxy) is 1. The Balaban J connectivity index is 0.000000153. The van der Waals surface area contributed by atoms with Crippen LogP contribution < -0.4 is 0 Å². The van der Waals surface area contributed by atoms with E-state index < -0.39 is 0 Å². The fourth-order valence-electron chi connectivity index (χ4n) is 2.14. The Morgan fingerprint density at radius 2 is 2.00 bits per heavy atom. The number of fused-ring (bicyclic) bond motifs is 1. The van der Waals surface area contributed by atoms with Crippen LogP contribution in [0.1, 0.15) is 40.5 Å². The summed E-state index contributed by atoms with van der Waals surface area (Å²) >= 11 is 0. The molecule has 2 rings (SSSR count). The standard InChI is InChI=1S/C7H10O.C5H10O2/c1-4-5-2-3-6(8)7(4)5;1-5(2,3)7-4-6/h4-5,7H,2-3H2,1H3;4H,1-3H3. The maximum absolute atomic E-state index is 10.8. The molecule has 3 atom stereocenters. The van der Waals surface area contributed by atoms with E-state index in [4.69, 9.17) is 0 Å². The van der Waals surface area contributed by atoms with Crippen LogP contribution in [-0.2, 0) is 14.3 Å². The molecule has 2 fully saturated rings. The second kappa shape index (κ2) is 4.33. The zero-order valence-electron chi connectivity index (χ0n) is 9.95. The van der Waals surface area contributed by atoms with Crippen LogP contribution in [0.3, 0.4) is 0 Å². The van der Waals surface area contributed by atoms with Crippen LogP contribution in [0.4, 0.5) is 0 Å². The van der Waals surface area contributed by atoms with Crippen molar-refractivity contribution in [1.29, 1.82) is 0 Å². The molecule has 2 saturated carbocycles. The number of Topliss-reactive ketones (excluding diaryl/α,β-unsaturated/α-hetero) is 1. The summed E-state index contributed by atoms with van der Waals surface area (Å²) in [4.78, 5) is 20.4. The molecule has 0 bridgehead atoms. The van der Waals surface area contributed by atoms with E-state index in [1.807, 2.05) is 20.8 Å². The minimum absolute atomic E-state index is 0.318. The molecule has 0 saturated heterocycles. The van der Waals surface area contributed by atoms with Crippen molar-refractivity contribution in [3.63, 3.8) is 0 Å². The van der Waals surface area contributed by atoms with Crippen LogP contribution in [0.15, 0.2) is 0 Å². The first-order chi connectivity index (χ1) is 6.87. The van der Waals surface area contributed by atoms with E-state index in [-0.39, 0.29) is 5.60 Å². The van der Waals surface area contributed by atoms with Gasteiger partial charge in [0.25, 0.3) is 6.47 Å². The predicted octanol–water partition coefficient (Wildman–Crippen LogP) is 2.19. The molecule has 0 aromatic rings. The Labute approximate surface area is 91.2 Å². The summed E-state index contributed by atoms with van der Waals surface area (Å²) in [5, 5.41) is 0. The lowest BCUT2D eigenvalue weighted by atomic mass is 10.2. The van der Waals surface area contributed by atoms with Gasteiger partial charge in [0.2, 0.25) is 0 Å². The van der Waals surface area contributed by atoms with Crippen LogP contribution in [0.5, 0.6) is 0 Å². The van der Waals surface area contributed by atoms with Gasteiger partial charge < -0.3 is 4.74 Å². The number of hydrogen-bond acceptors (Lipinski definition) is 3. The molecule has 15 heavy (non-hydrogen) atoms. The molecule has 0 aliphatic heterocycles. The Bertz CT molecular complexity index is 252. The van der Waals surface area contributed by atoms with Crippen molar-refractivity contribution in [2.24, 2.45) is 17.8 Å². The molecule has 0 aromatic heterocycles. The predicted molar refractivity (Wildman–Crippen MR) is 57.3 cm³/mol. The highest BCUT2D eigenvalue weighted by molar-refractivity contribution is 5.86. The first-order valence-electron chi connectivity index (χ1n) is 5.51. The summed E-state index contributed by atoms with van der Waals surface area (Å²) in [5.74, 6) is 2.59. The third-order valence-corrected chi connectivity index (χ3v) is 3.06. The van der Waals surface area contributed by atoms with Gasteiger partial charge in [-0.1, -0.05) is 6.92 Å². The molecule has 0 N–H and O–H groups in total. The molecule has 0 spiro atoms. The largest absolute Gasteiger partial charge is 0.462 e. The van der Waals surface area contributed by atoms with E-state index in [2.05, 4.69) is 11.7 Å². The Kier molecular flexibility index (Phi) is 3.53. The highest BCUT2D eigenvalue weighted by Gasteiger charge is 2.54. The van der Waals surface area contributed by atoms with Crippen LogP contribution >= 0.6 is 0 Å². The third kappa shape index (κ3) is 3.33. The normalized spacial score (nSPS) is 32.5. The van der Waals surface area contributed by atoms with Crippen LogP contribution in [0.25, 0.3) is 0 Å². The van der Waals surface area contributed by atoms with E-state index in [0.717, 1.165) is 18.3 Å². The van der Waals surface area contributed by atoms with Crippen molar-refractivity contribution in [2.75, 3.05) is 0 Å². The smallest absolute Gasteiger partial charge is 0.293 e. The molecule has 2 aliphatic carbocycles. The molecule has 3 heteroatoms. The van der Waals surface area contributed by atoms with E-state index in [1.54, 1.807) is 0 Å². The first kappa shape index (κ1) is 12.2. The molecule has 86 valence electrons. The fraction of sp³-hybridized carbons (Fsp3) is 0.833. The van der Waals surface area contributed by atoms with Crippen LogP contribution in [0.2, 0.25) is 0 Å². The van der Waals surface area contributed by atoms with Crippen LogP contribution in [0, 0.1) is 17.8 Å². The molecule has 0 radical (unpaired) electrons. The number of carbonyl (C=O) groups excluding carboxylic acids is 2. The van der Waals surface area contributed by atoms with Crippen molar-refractivity contribution in [2.45, 2.75) is 46.1 Å². The molecule has 2 aliphatic rings. The molecule has 3 unspecified atom stereocenters. The minimum Gasteiger partial charge on any atom is -0.462 e. The molecule has 0 heterocycles. The summed E-state index contributed by atoms with van der Waals surface area (Å²) in [5.41, 5.74) is -0.318. The maximum atomic E-state index is 10.8. The monoisotopic (exact) mass is 212 g/mol. The van der Waals surface area contributed by atoms with Gasteiger partial charge in [-0.25, -0.2) is 0 Å². The average Bonchev–Trinajstić information content (AvgIpc) is 2.51.